The van der Waals surface area contributed by atoms with E-state index in [1.807, 2.05) is 17.5 Å². The normalized spacial score (nSPS) is 11.7. The summed E-state index contributed by atoms with van der Waals surface area (Å²) in [7, 11) is 0. The smallest absolute Gasteiger partial charge is 0.308 e. The number of ether oxygens (including phenoxy) is 1. The van der Waals surface area contributed by atoms with Crippen LogP contribution in [0.1, 0.15) is 18.2 Å². The van der Waals surface area contributed by atoms with Gasteiger partial charge in [0.1, 0.15) is 6.33 Å². The van der Waals surface area contributed by atoms with Crippen molar-refractivity contribution in [2.75, 3.05) is 6.54 Å². The molecule has 2 heterocycles. The van der Waals surface area contributed by atoms with Gasteiger partial charge in [-0.2, -0.15) is 0 Å². The van der Waals surface area contributed by atoms with Crippen LogP contribution in [0.5, 0.6) is 0 Å². The fraction of sp³-hybridized carbons (Fsp3) is 0.400. The number of aryl methyl sites for hydroxylation is 1. The summed E-state index contributed by atoms with van der Waals surface area (Å²) in [6, 6.07) is 3.88. The second kappa shape index (κ2) is 8.92. The predicted molar refractivity (Wildman–Crippen MR) is 87.9 cm³/mol. The van der Waals surface area contributed by atoms with E-state index < -0.39 is 12.1 Å². The Morgan fingerprint density at radius 2 is 2.38 bits per heavy atom. The van der Waals surface area contributed by atoms with Crippen molar-refractivity contribution in [3.8, 4) is 0 Å². The molecule has 0 aliphatic heterocycles. The maximum atomic E-state index is 12.5. The van der Waals surface area contributed by atoms with Crippen LogP contribution in [-0.2, 0) is 27.4 Å². The first-order chi connectivity index (χ1) is 11.6. The topological polar surface area (TPSA) is 90.2 Å². The third-order valence-corrected chi connectivity index (χ3v) is 4.04. The minimum absolute atomic E-state index is 0.0923. The average molecular weight is 349 g/mol. The summed E-state index contributed by atoms with van der Waals surface area (Å²) < 4.78 is 6.64. The summed E-state index contributed by atoms with van der Waals surface area (Å²) in [4.78, 5) is 27.0. The van der Waals surface area contributed by atoms with Gasteiger partial charge in [-0.1, -0.05) is 12.1 Å². The number of hydrogen-bond donors (Lipinski definition) is 0. The van der Waals surface area contributed by atoms with Gasteiger partial charge in [-0.3, -0.25) is 9.59 Å². The second-order valence-corrected chi connectivity index (χ2v) is 6.07. The number of aromatic nitrogens is 4. The fourth-order valence-corrected chi connectivity index (χ4v) is 2.75. The molecule has 0 bridgehead atoms. The number of tetrazole rings is 1. The molecule has 1 amide bonds. The molecule has 0 fully saturated rings. The van der Waals surface area contributed by atoms with Crippen molar-refractivity contribution < 1.29 is 14.3 Å². The Morgan fingerprint density at radius 1 is 1.54 bits per heavy atom. The molecule has 1 unspecified atom stereocenters. The van der Waals surface area contributed by atoms with Gasteiger partial charge in [-0.15, -0.1) is 23.0 Å². The molecule has 2 aromatic heterocycles. The van der Waals surface area contributed by atoms with E-state index in [0.29, 0.717) is 19.6 Å². The molecule has 2 aromatic rings. The Bertz CT molecular complexity index is 657. The van der Waals surface area contributed by atoms with Gasteiger partial charge in [0.15, 0.2) is 6.10 Å². The molecule has 0 aliphatic rings. The molecular weight excluding hydrogens is 330 g/mol. The van der Waals surface area contributed by atoms with Crippen LogP contribution in [0.15, 0.2) is 36.5 Å². The Labute approximate surface area is 143 Å². The third-order valence-electron chi connectivity index (χ3n) is 3.18. The van der Waals surface area contributed by atoms with Crippen LogP contribution < -0.4 is 0 Å². The molecule has 0 radical (unpaired) electrons. The molecular formula is C15H19N5O3S. The minimum atomic E-state index is -0.855. The van der Waals surface area contributed by atoms with E-state index in [2.05, 4.69) is 22.1 Å². The molecule has 128 valence electrons. The average Bonchev–Trinajstić information content (AvgIpc) is 3.25. The third kappa shape index (κ3) is 5.27. The fourth-order valence-electron chi connectivity index (χ4n) is 2.03. The van der Waals surface area contributed by atoms with Gasteiger partial charge in [-0.25, -0.2) is 4.68 Å². The monoisotopic (exact) mass is 349 g/mol. The molecule has 0 N–H and O–H groups in total. The van der Waals surface area contributed by atoms with Crippen molar-refractivity contribution in [3.63, 3.8) is 0 Å². The van der Waals surface area contributed by atoms with E-state index in [0.717, 1.165) is 4.88 Å². The number of esters is 1. The standard InChI is InChI=1S/C15H19N5O3S/c1-3-7-19(10-13-5-4-9-24-13)15(22)12(2)23-14(21)6-8-20-11-16-17-18-20/h3-5,9,11-12H,1,6-8,10H2,2H3. The van der Waals surface area contributed by atoms with E-state index in [-0.39, 0.29) is 12.3 Å². The lowest BCUT2D eigenvalue weighted by atomic mass is 10.3. The summed E-state index contributed by atoms with van der Waals surface area (Å²) in [5.74, 6) is -0.722. The zero-order chi connectivity index (χ0) is 17.4. The first-order valence-corrected chi connectivity index (χ1v) is 8.30. The van der Waals surface area contributed by atoms with Gasteiger partial charge < -0.3 is 9.64 Å². The van der Waals surface area contributed by atoms with Crippen molar-refractivity contribution in [1.29, 1.82) is 0 Å². The lowest BCUT2D eigenvalue weighted by Gasteiger charge is -2.24. The van der Waals surface area contributed by atoms with E-state index in [1.165, 1.54) is 11.0 Å². The van der Waals surface area contributed by atoms with Gasteiger partial charge in [0.25, 0.3) is 5.91 Å². The van der Waals surface area contributed by atoms with Crippen molar-refractivity contribution in [2.45, 2.75) is 32.5 Å². The highest BCUT2D eigenvalue weighted by Crippen LogP contribution is 2.13. The van der Waals surface area contributed by atoms with E-state index in [1.54, 1.807) is 29.2 Å². The van der Waals surface area contributed by atoms with Gasteiger partial charge in [0.05, 0.1) is 19.5 Å². The number of carbonyl (C=O) groups excluding carboxylic acids is 2. The lowest BCUT2D eigenvalue weighted by molar-refractivity contribution is -0.159. The second-order valence-electron chi connectivity index (χ2n) is 5.04. The van der Waals surface area contributed by atoms with E-state index in [9.17, 15) is 9.59 Å². The summed E-state index contributed by atoms with van der Waals surface area (Å²) in [5, 5.41) is 12.6. The molecule has 8 nitrogen and oxygen atoms in total. The van der Waals surface area contributed by atoms with Crippen molar-refractivity contribution in [3.05, 3.63) is 41.4 Å². The SMILES string of the molecule is C=CCN(Cc1cccs1)C(=O)C(C)OC(=O)CCn1cnnn1. The van der Waals surface area contributed by atoms with Gasteiger partial charge in [0.2, 0.25) is 0 Å². The Hall–Kier alpha value is -2.55. The summed E-state index contributed by atoms with van der Waals surface area (Å²) in [6.07, 6.45) is 2.30. The first kappa shape index (κ1) is 17.8. The van der Waals surface area contributed by atoms with Crippen LogP contribution in [0.3, 0.4) is 0 Å². The zero-order valence-electron chi connectivity index (χ0n) is 13.4. The summed E-state index contributed by atoms with van der Waals surface area (Å²) in [6.45, 7) is 6.41. The van der Waals surface area contributed by atoms with Gasteiger partial charge >= 0.3 is 5.97 Å². The van der Waals surface area contributed by atoms with Crippen LogP contribution in [0.4, 0.5) is 0 Å². The van der Waals surface area contributed by atoms with Crippen molar-refractivity contribution >= 4 is 23.2 Å². The number of hydrogen-bond acceptors (Lipinski definition) is 7. The molecule has 24 heavy (non-hydrogen) atoms. The van der Waals surface area contributed by atoms with Crippen molar-refractivity contribution in [1.82, 2.24) is 25.1 Å². The Balaban J connectivity index is 1.85. The molecule has 0 saturated carbocycles. The van der Waals surface area contributed by atoms with Crippen LogP contribution in [-0.4, -0.2) is 49.6 Å². The van der Waals surface area contributed by atoms with Gasteiger partial charge in [-0.05, 0) is 28.8 Å². The maximum absolute atomic E-state index is 12.5. The lowest BCUT2D eigenvalue weighted by Crippen LogP contribution is -2.39. The van der Waals surface area contributed by atoms with E-state index >= 15 is 0 Å². The number of nitrogens with zero attached hydrogens (tertiary/aromatic N) is 5. The highest BCUT2D eigenvalue weighted by molar-refractivity contribution is 7.09. The largest absolute Gasteiger partial charge is 0.452 e. The quantitative estimate of drug-likeness (QED) is 0.500. The summed E-state index contributed by atoms with van der Waals surface area (Å²) >= 11 is 1.57. The highest BCUT2D eigenvalue weighted by atomic mass is 32.1. The van der Waals surface area contributed by atoms with Crippen LogP contribution in [0.2, 0.25) is 0 Å². The zero-order valence-corrected chi connectivity index (χ0v) is 14.2. The first-order valence-electron chi connectivity index (χ1n) is 7.42. The predicted octanol–water partition coefficient (Wildman–Crippen LogP) is 1.27. The molecule has 2 rings (SSSR count). The molecule has 0 aliphatic carbocycles. The maximum Gasteiger partial charge on any atom is 0.308 e. The van der Waals surface area contributed by atoms with Crippen molar-refractivity contribution in [2.24, 2.45) is 0 Å². The Morgan fingerprint density at radius 3 is 3.00 bits per heavy atom. The van der Waals surface area contributed by atoms with Gasteiger partial charge in [0, 0.05) is 11.4 Å². The number of rotatable bonds is 9. The van der Waals surface area contributed by atoms with Crippen LogP contribution in [0, 0.1) is 0 Å². The number of carbonyl (C=O) groups is 2. The molecule has 0 spiro atoms. The molecule has 0 aromatic carbocycles. The number of thiophene rings is 1. The summed E-state index contributed by atoms with van der Waals surface area (Å²) in [5.41, 5.74) is 0. The molecule has 9 heteroatoms. The van der Waals surface area contributed by atoms with E-state index in [4.69, 9.17) is 4.74 Å². The van der Waals surface area contributed by atoms with Crippen LogP contribution >= 0.6 is 11.3 Å². The van der Waals surface area contributed by atoms with Crippen LogP contribution in [0.25, 0.3) is 0 Å². The molecule has 0 saturated heterocycles. The minimum Gasteiger partial charge on any atom is -0.452 e. The molecule has 1 atom stereocenters. The number of amides is 1. The highest BCUT2D eigenvalue weighted by Gasteiger charge is 2.23. The Kier molecular flexibility index (Phi) is 6.62.